The summed E-state index contributed by atoms with van der Waals surface area (Å²) in [5.74, 6) is -1.11. The van der Waals surface area contributed by atoms with Gasteiger partial charge >= 0.3 is 0 Å². The van der Waals surface area contributed by atoms with Crippen molar-refractivity contribution >= 4 is 85.7 Å². The van der Waals surface area contributed by atoms with Gasteiger partial charge in [-0.05, 0) is 48.0 Å². The number of nitrogens with zero attached hydrogens (tertiary/aromatic N) is 3. The molecule has 1 heterocycles. The number of anilines is 7. The van der Waals surface area contributed by atoms with Crippen molar-refractivity contribution in [3.8, 4) is 0 Å². The fourth-order valence-electron chi connectivity index (χ4n) is 4.82. The molecule has 4 aromatic carbocycles. The van der Waals surface area contributed by atoms with E-state index in [-0.39, 0.29) is 55.7 Å². The van der Waals surface area contributed by atoms with Gasteiger partial charge in [0.05, 0.1) is 45.1 Å². The lowest BCUT2D eigenvalue weighted by Gasteiger charge is -2.24. The van der Waals surface area contributed by atoms with E-state index >= 15 is 0 Å². The Morgan fingerprint density at radius 2 is 1.40 bits per heavy atom. The molecule has 7 N–H and O–H groups in total. The lowest BCUT2D eigenvalue weighted by atomic mass is 9.82. The third kappa shape index (κ3) is 6.58. The molecule has 1 aromatic heterocycles. The Morgan fingerprint density at radius 1 is 0.766 bits per heavy atom. The van der Waals surface area contributed by atoms with Crippen LogP contribution in [0.2, 0.25) is 5.28 Å². The highest BCUT2D eigenvalue weighted by Gasteiger charge is 2.36. The van der Waals surface area contributed by atoms with Gasteiger partial charge in [-0.15, -0.1) is 4.33 Å². The standard InChI is InChI=1S/C29H20ClN7O8S2/c30-27-35-28(33-14-6-2-1-3-7-14)37-29(36-27)34-18-11-10-15(12-20(18)46-45-44-40)32-19-13-21(47(41,42)43)24(31)23-22(19)25(38)16-8-4-5-9-17(16)26(23)39/h1-13,32,40H,31H2,(H,41,42,43)(H2,33,34,35,36,37). The number of nitrogens with two attached hydrogens (primary N) is 1. The highest BCUT2D eigenvalue weighted by atomic mass is 35.5. The number of hydrogen-bond acceptors (Lipinski definition) is 15. The summed E-state index contributed by atoms with van der Waals surface area (Å²) in [4.78, 5) is 39.1. The fourth-order valence-corrected chi connectivity index (χ4v) is 6.11. The molecule has 238 valence electrons. The van der Waals surface area contributed by atoms with Crippen molar-refractivity contribution < 1.29 is 37.2 Å². The molecule has 0 bridgehead atoms. The van der Waals surface area contributed by atoms with Crippen molar-refractivity contribution in [3.05, 3.63) is 106 Å². The van der Waals surface area contributed by atoms with Crippen LogP contribution in [0, 0.1) is 0 Å². The highest BCUT2D eigenvalue weighted by Crippen LogP contribution is 2.41. The van der Waals surface area contributed by atoms with Gasteiger partial charge in [-0.25, -0.2) is 5.26 Å². The Morgan fingerprint density at radius 3 is 2.06 bits per heavy atom. The van der Waals surface area contributed by atoms with Crippen LogP contribution in [-0.2, 0) is 19.5 Å². The van der Waals surface area contributed by atoms with E-state index in [1.54, 1.807) is 24.3 Å². The Balaban J connectivity index is 1.38. The number of halogens is 1. The van der Waals surface area contributed by atoms with E-state index in [4.69, 9.17) is 22.6 Å². The Bertz CT molecular complexity index is 2170. The van der Waals surface area contributed by atoms with Gasteiger partial charge in [0.2, 0.25) is 17.2 Å². The van der Waals surface area contributed by atoms with Crippen molar-refractivity contribution in [2.75, 3.05) is 21.7 Å². The zero-order valence-electron chi connectivity index (χ0n) is 23.5. The summed E-state index contributed by atoms with van der Waals surface area (Å²) in [6, 6.07) is 20.6. The first kappa shape index (κ1) is 31.8. The van der Waals surface area contributed by atoms with E-state index in [2.05, 4.69) is 40.3 Å². The predicted molar refractivity (Wildman–Crippen MR) is 172 cm³/mol. The molecule has 5 aromatic rings. The fraction of sp³-hybridized carbons (Fsp3) is 0. The van der Waals surface area contributed by atoms with Crippen molar-refractivity contribution in [3.63, 3.8) is 0 Å². The number of hydrogen-bond donors (Lipinski definition) is 6. The Hall–Kier alpha value is -5.14. The molecular formula is C29H20ClN7O8S2. The second kappa shape index (κ2) is 12.9. The van der Waals surface area contributed by atoms with Crippen LogP contribution in [0.4, 0.5) is 40.3 Å². The normalized spacial score (nSPS) is 12.3. The number of rotatable bonds is 10. The number of nitrogen functional groups attached to an aromatic ring is 1. The average molecular weight is 694 g/mol. The average Bonchev–Trinajstić information content (AvgIpc) is 3.04. The van der Waals surface area contributed by atoms with Gasteiger partial charge < -0.3 is 21.7 Å². The van der Waals surface area contributed by atoms with E-state index in [9.17, 15) is 22.6 Å². The molecule has 0 unspecified atom stereocenters. The minimum absolute atomic E-state index is 0.0316. The lowest BCUT2D eigenvalue weighted by Crippen LogP contribution is -2.25. The van der Waals surface area contributed by atoms with Gasteiger partial charge in [-0.2, -0.15) is 23.4 Å². The largest absolute Gasteiger partial charge is 0.397 e. The maximum absolute atomic E-state index is 13.6. The summed E-state index contributed by atoms with van der Waals surface area (Å²) >= 11 is 6.69. The minimum atomic E-state index is -4.93. The molecule has 0 saturated heterocycles. The van der Waals surface area contributed by atoms with Gasteiger partial charge in [0.15, 0.2) is 11.6 Å². The van der Waals surface area contributed by atoms with E-state index in [1.165, 1.54) is 30.3 Å². The number of aromatic nitrogens is 3. The molecule has 18 heteroatoms. The summed E-state index contributed by atoms with van der Waals surface area (Å²) < 4.78 is 39.1. The monoisotopic (exact) mass is 693 g/mol. The second-order valence-corrected chi connectivity index (χ2v) is 12.2. The molecule has 1 aliphatic carbocycles. The van der Waals surface area contributed by atoms with Crippen molar-refractivity contribution in [2.24, 2.45) is 0 Å². The summed E-state index contributed by atoms with van der Waals surface area (Å²) in [6.45, 7) is 0. The number of carbonyl (C=O) groups excluding carboxylic acids is 2. The summed E-state index contributed by atoms with van der Waals surface area (Å²) in [5.41, 5.74) is 6.19. The zero-order chi connectivity index (χ0) is 33.3. The third-order valence-electron chi connectivity index (χ3n) is 6.78. The van der Waals surface area contributed by atoms with Crippen LogP contribution in [0.15, 0.2) is 88.7 Å². The van der Waals surface area contributed by atoms with Crippen LogP contribution < -0.4 is 21.7 Å². The van der Waals surface area contributed by atoms with E-state index in [0.717, 1.165) is 6.07 Å². The third-order valence-corrected chi connectivity index (χ3v) is 8.49. The molecule has 0 radical (unpaired) electrons. The number of carbonyl (C=O) groups is 2. The minimum Gasteiger partial charge on any atom is -0.397 e. The zero-order valence-corrected chi connectivity index (χ0v) is 25.9. The van der Waals surface area contributed by atoms with Crippen LogP contribution >= 0.6 is 23.6 Å². The highest BCUT2D eigenvalue weighted by molar-refractivity contribution is 7.94. The Kier molecular flexibility index (Phi) is 8.76. The molecule has 0 spiro atoms. The molecule has 0 atom stereocenters. The predicted octanol–water partition coefficient (Wildman–Crippen LogP) is 5.79. The topological polar surface area (TPSA) is 228 Å². The van der Waals surface area contributed by atoms with Crippen LogP contribution in [0.3, 0.4) is 0 Å². The lowest BCUT2D eigenvalue weighted by molar-refractivity contribution is -0.432. The van der Waals surface area contributed by atoms with Crippen molar-refractivity contribution in [2.45, 2.75) is 9.79 Å². The van der Waals surface area contributed by atoms with Crippen LogP contribution in [0.25, 0.3) is 0 Å². The van der Waals surface area contributed by atoms with E-state index in [0.29, 0.717) is 23.4 Å². The van der Waals surface area contributed by atoms with Crippen molar-refractivity contribution in [1.29, 1.82) is 0 Å². The van der Waals surface area contributed by atoms with Crippen LogP contribution in [0.5, 0.6) is 0 Å². The maximum atomic E-state index is 13.6. The smallest absolute Gasteiger partial charge is 0.296 e. The molecule has 0 amide bonds. The number of benzene rings is 4. The summed E-state index contributed by atoms with van der Waals surface area (Å²) in [7, 11) is -4.93. The van der Waals surface area contributed by atoms with Crippen LogP contribution in [-0.4, -0.2) is 44.7 Å². The molecule has 0 aliphatic heterocycles. The van der Waals surface area contributed by atoms with Gasteiger partial charge in [-0.3, -0.25) is 14.1 Å². The number of ketones is 2. The number of nitrogens with one attached hydrogen (secondary N) is 3. The molecule has 47 heavy (non-hydrogen) atoms. The summed E-state index contributed by atoms with van der Waals surface area (Å²) in [5, 5.41) is 21.4. The van der Waals surface area contributed by atoms with Crippen LogP contribution in [0.1, 0.15) is 31.8 Å². The number of para-hydroxylation sites is 1. The molecule has 0 fully saturated rings. The molecule has 6 rings (SSSR count). The van der Waals surface area contributed by atoms with Gasteiger partial charge in [0.25, 0.3) is 10.1 Å². The SMILES string of the molecule is Nc1c(S(=O)(=O)O)cc(Nc2ccc(Nc3nc(Cl)nc(Nc4ccccc4)n3)c(SOOO)c2)c2c1C(=O)c1ccccc1C2=O. The molecule has 15 nitrogen and oxygen atoms in total. The van der Waals surface area contributed by atoms with E-state index in [1.807, 2.05) is 18.2 Å². The number of fused-ring (bicyclic) bond motifs is 2. The van der Waals surface area contributed by atoms with Gasteiger partial charge in [-0.1, -0.05) is 47.5 Å². The van der Waals surface area contributed by atoms with E-state index < -0.39 is 32.3 Å². The molecule has 1 aliphatic rings. The first-order valence-electron chi connectivity index (χ1n) is 13.2. The second-order valence-electron chi connectivity index (χ2n) is 9.69. The first-order valence-corrected chi connectivity index (χ1v) is 15.8. The van der Waals surface area contributed by atoms with Crippen molar-refractivity contribution in [1.82, 2.24) is 15.0 Å². The first-order chi connectivity index (χ1) is 22.5. The quantitative estimate of drug-likeness (QED) is 0.0328. The van der Waals surface area contributed by atoms with Gasteiger partial charge in [0.1, 0.15) is 4.90 Å². The molecule has 0 saturated carbocycles. The maximum Gasteiger partial charge on any atom is 0.296 e. The molecular weight excluding hydrogens is 674 g/mol. The Labute approximate surface area is 274 Å². The summed E-state index contributed by atoms with van der Waals surface area (Å²) in [6.07, 6.45) is 0. The van der Waals surface area contributed by atoms with Gasteiger partial charge in [0, 0.05) is 22.5 Å².